The molecule has 4 aromatic rings. The van der Waals surface area contributed by atoms with Crippen LogP contribution in [0.2, 0.25) is 0 Å². The van der Waals surface area contributed by atoms with E-state index in [1.54, 1.807) is 18.1 Å². The van der Waals surface area contributed by atoms with Gasteiger partial charge in [-0.2, -0.15) is 18.3 Å². The number of nitrogens with one attached hydrogen (secondary N) is 2. The zero-order valence-corrected chi connectivity index (χ0v) is 20.5. The molecule has 0 aliphatic carbocycles. The third-order valence-electron chi connectivity index (χ3n) is 5.89. The Balaban J connectivity index is 1.46. The number of aryl methyl sites for hydroxylation is 1. The number of ether oxygens (including phenoxy) is 1. The van der Waals surface area contributed by atoms with Gasteiger partial charge in [-0.1, -0.05) is 0 Å². The van der Waals surface area contributed by atoms with Crippen molar-refractivity contribution in [2.24, 2.45) is 0 Å². The lowest BCUT2D eigenvalue weighted by Gasteiger charge is -2.18. The highest BCUT2D eigenvalue weighted by molar-refractivity contribution is 5.86. The molecule has 0 unspecified atom stereocenters. The van der Waals surface area contributed by atoms with E-state index in [9.17, 15) is 40.3 Å². The van der Waals surface area contributed by atoms with E-state index in [0.717, 1.165) is 30.6 Å². The van der Waals surface area contributed by atoms with Gasteiger partial charge >= 0.3 is 12.5 Å². The van der Waals surface area contributed by atoms with Gasteiger partial charge < -0.3 is 14.6 Å². The summed E-state index contributed by atoms with van der Waals surface area (Å²) in [4.78, 5) is 28.4. The highest BCUT2D eigenvalue weighted by Crippen LogP contribution is 2.32. The third-order valence-corrected chi connectivity index (χ3v) is 5.89. The van der Waals surface area contributed by atoms with Crippen molar-refractivity contribution in [1.29, 1.82) is 0 Å². The molecule has 0 bridgehead atoms. The van der Waals surface area contributed by atoms with E-state index in [2.05, 4.69) is 20.1 Å². The van der Waals surface area contributed by atoms with E-state index >= 15 is 0 Å². The molecule has 1 aromatic carbocycles. The van der Waals surface area contributed by atoms with Crippen molar-refractivity contribution in [1.82, 2.24) is 19.7 Å². The molecule has 2 N–H and O–H groups in total. The zero-order valence-electron chi connectivity index (χ0n) is 20.5. The second-order valence-electron chi connectivity index (χ2n) is 8.83. The Kier molecular flexibility index (Phi) is 7.84. The maximum absolute atomic E-state index is 14.9. The highest BCUT2D eigenvalue weighted by atomic mass is 19.4. The van der Waals surface area contributed by atoms with Crippen LogP contribution in [0, 0.1) is 5.82 Å². The van der Waals surface area contributed by atoms with Gasteiger partial charge in [0.1, 0.15) is 17.1 Å². The summed E-state index contributed by atoms with van der Waals surface area (Å²) >= 11 is 0. The second kappa shape index (κ2) is 11.0. The first-order valence-corrected chi connectivity index (χ1v) is 11.7. The van der Waals surface area contributed by atoms with Gasteiger partial charge in [0.2, 0.25) is 0 Å². The fraction of sp³-hybridized carbons (Fsp3) is 0.280. The monoisotopic (exact) mass is 571 g/mol. The van der Waals surface area contributed by atoms with Crippen LogP contribution in [0.1, 0.15) is 25.3 Å². The SMILES string of the molecule is C[C@@H](CCCn1ccc2cc(-c3ccc(OC(F)(F)F)cn3)c(F)cc2c1=O)Nc1cn[nH]c(=O)c1C(F)(F)F. The molecule has 40 heavy (non-hydrogen) atoms. The van der Waals surface area contributed by atoms with Crippen LogP contribution >= 0.6 is 0 Å². The normalized spacial score (nSPS) is 12.9. The molecule has 0 saturated carbocycles. The van der Waals surface area contributed by atoms with Crippen LogP contribution in [0.25, 0.3) is 22.0 Å². The Bertz CT molecular complexity index is 1630. The maximum atomic E-state index is 14.9. The number of halogens is 7. The number of rotatable bonds is 8. The van der Waals surface area contributed by atoms with Gasteiger partial charge in [0.05, 0.1) is 29.2 Å². The zero-order chi connectivity index (χ0) is 29.2. The first-order chi connectivity index (χ1) is 18.7. The van der Waals surface area contributed by atoms with E-state index in [0.29, 0.717) is 18.2 Å². The molecule has 0 fully saturated rings. The quantitative estimate of drug-likeness (QED) is 0.272. The van der Waals surface area contributed by atoms with Crippen LogP contribution in [0.5, 0.6) is 5.75 Å². The number of hydrogen-bond donors (Lipinski definition) is 2. The second-order valence-corrected chi connectivity index (χ2v) is 8.83. The van der Waals surface area contributed by atoms with Crippen molar-refractivity contribution in [3.05, 3.63) is 81.0 Å². The van der Waals surface area contributed by atoms with Crippen molar-refractivity contribution in [3.8, 4) is 17.0 Å². The molecular weight excluding hydrogens is 551 g/mol. The van der Waals surface area contributed by atoms with Crippen molar-refractivity contribution >= 4 is 16.5 Å². The van der Waals surface area contributed by atoms with Crippen molar-refractivity contribution in [3.63, 3.8) is 0 Å². The van der Waals surface area contributed by atoms with Gasteiger partial charge in [-0.15, -0.1) is 13.2 Å². The molecule has 0 amide bonds. The predicted molar refractivity (Wildman–Crippen MR) is 130 cm³/mol. The summed E-state index contributed by atoms with van der Waals surface area (Å²) in [7, 11) is 0. The van der Waals surface area contributed by atoms with Gasteiger partial charge in [0.15, 0.2) is 0 Å². The van der Waals surface area contributed by atoms with E-state index < -0.39 is 52.5 Å². The van der Waals surface area contributed by atoms with Crippen LogP contribution in [0.15, 0.2) is 58.5 Å². The number of alkyl halides is 6. The number of aromatic amines is 1. The maximum Gasteiger partial charge on any atom is 0.573 e. The minimum atomic E-state index is -4.90. The molecule has 3 heterocycles. The van der Waals surface area contributed by atoms with Crippen LogP contribution < -0.4 is 21.2 Å². The summed E-state index contributed by atoms with van der Waals surface area (Å²) in [5.74, 6) is -1.39. The van der Waals surface area contributed by atoms with Crippen LogP contribution in [-0.2, 0) is 12.7 Å². The molecule has 0 saturated heterocycles. The van der Waals surface area contributed by atoms with Gasteiger partial charge in [0.25, 0.3) is 11.1 Å². The number of benzene rings is 1. The number of pyridine rings is 2. The topological polar surface area (TPSA) is 102 Å². The summed E-state index contributed by atoms with van der Waals surface area (Å²) in [6, 6.07) is 5.54. The molecular formula is C25H20F7N5O3. The number of nitrogens with zero attached hydrogens (tertiary/aromatic N) is 3. The Morgan fingerprint density at radius 3 is 2.48 bits per heavy atom. The average molecular weight is 571 g/mol. The summed E-state index contributed by atoms with van der Waals surface area (Å²) in [6.07, 6.45) is -5.96. The van der Waals surface area contributed by atoms with Crippen LogP contribution in [0.3, 0.4) is 0 Å². The molecule has 212 valence electrons. The summed E-state index contributed by atoms with van der Waals surface area (Å²) < 4.78 is 96.7. The minimum Gasteiger partial charge on any atom is -0.404 e. The Morgan fingerprint density at radius 1 is 1.07 bits per heavy atom. The molecule has 1 atom stereocenters. The van der Waals surface area contributed by atoms with Gasteiger partial charge in [-0.05, 0) is 55.5 Å². The molecule has 4 rings (SSSR count). The lowest BCUT2D eigenvalue weighted by molar-refractivity contribution is -0.274. The molecule has 0 spiro atoms. The summed E-state index contributed by atoms with van der Waals surface area (Å²) in [6.45, 7) is 1.78. The van der Waals surface area contributed by atoms with Crippen LogP contribution in [0.4, 0.5) is 36.4 Å². The van der Waals surface area contributed by atoms with Gasteiger partial charge in [-0.3, -0.25) is 14.6 Å². The van der Waals surface area contributed by atoms with E-state index in [1.165, 1.54) is 16.8 Å². The lowest BCUT2D eigenvalue weighted by Crippen LogP contribution is -2.27. The molecule has 3 aromatic heterocycles. The van der Waals surface area contributed by atoms with Crippen molar-refractivity contribution in [2.45, 2.75) is 44.9 Å². The first-order valence-electron chi connectivity index (χ1n) is 11.7. The fourth-order valence-corrected chi connectivity index (χ4v) is 4.11. The molecule has 0 aliphatic heterocycles. The van der Waals surface area contributed by atoms with E-state index in [-0.39, 0.29) is 23.2 Å². The molecule has 0 radical (unpaired) electrons. The smallest absolute Gasteiger partial charge is 0.404 e. The largest absolute Gasteiger partial charge is 0.573 e. The standard InChI is InChI=1S/C25H20F7N5O3/c1-13(35-20-12-34-36-22(38)21(20)24(27,28)29)3-2-7-37-8-6-14-9-17(18(26)10-16(14)23(37)39)19-5-4-15(11-33-19)40-25(30,31)32/h4-6,8-13H,2-3,7H2,1H3,(H2,35,36,38)/t13-/m0/s1. The van der Waals surface area contributed by atoms with Crippen LogP contribution in [-0.4, -0.2) is 32.2 Å². The molecule has 15 heteroatoms. The number of H-pyrrole nitrogens is 1. The number of anilines is 1. The van der Waals surface area contributed by atoms with E-state index in [4.69, 9.17) is 0 Å². The lowest BCUT2D eigenvalue weighted by atomic mass is 10.0. The Labute approximate surface area is 220 Å². The minimum absolute atomic E-state index is 0.0314. The van der Waals surface area contributed by atoms with Gasteiger partial charge in [-0.25, -0.2) is 9.49 Å². The first kappa shape index (κ1) is 28.6. The number of hydrogen-bond acceptors (Lipinski definition) is 6. The summed E-state index contributed by atoms with van der Waals surface area (Å²) in [5, 5.41) is 8.20. The number of fused-ring (bicyclic) bond motifs is 1. The van der Waals surface area contributed by atoms with Gasteiger partial charge in [0, 0.05) is 24.3 Å². The predicted octanol–water partition coefficient (Wildman–Crippen LogP) is 5.48. The average Bonchev–Trinajstić information content (AvgIpc) is 2.84. The molecule has 0 aliphatic rings. The van der Waals surface area contributed by atoms with Crippen molar-refractivity contribution < 1.29 is 35.5 Å². The molecule has 8 nitrogen and oxygen atoms in total. The van der Waals surface area contributed by atoms with E-state index in [1.807, 2.05) is 0 Å². The number of aromatic nitrogens is 4. The summed E-state index contributed by atoms with van der Waals surface area (Å²) in [5.41, 5.74) is -3.73. The third kappa shape index (κ3) is 6.58. The Morgan fingerprint density at radius 2 is 1.82 bits per heavy atom. The highest BCUT2D eigenvalue weighted by Gasteiger charge is 2.37. The Hall–Kier alpha value is -4.43. The fourth-order valence-electron chi connectivity index (χ4n) is 4.11. The van der Waals surface area contributed by atoms with Crippen molar-refractivity contribution in [2.75, 3.05) is 5.32 Å².